The maximum absolute atomic E-state index is 12.7. The first-order valence-electron chi connectivity index (χ1n) is 9.71. The highest BCUT2D eigenvalue weighted by Crippen LogP contribution is 2.06. The Morgan fingerprint density at radius 1 is 1.26 bits per heavy atom. The van der Waals surface area contributed by atoms with E-state index in [1.807, 2.05) is 20.8 Å². The average Bonchev–Trinajstić information content (AvgIpc) is 2.66. The van der Waals surface area contributed by atoms with Crippen LogP contribution in [0.3, 0.4) is 0 Å². The lowest BCUT2D eigenvalue weighted by Crippen LogP contribution is -3.14. The number of aryl methyl sites for hydroxylation is 1. The van der Waals surface area contributed by atoms with E-state index in [1.54, 1.807) is 11.1 Å². The van der Waals surface area contributed by atoms with Crippen LogP contribution in [0.25, 0.3) is 0 Å². The van der Waals surface area contributed by atoms with Gasteiger partial charge in [-0.3, -0.25) is 14.6 Å². The maximum atomic E-state index is 12.7. The molecule has 2 amide bonds. The summed E-state index contributed by atoms with van der Waals surface area (Å²) in [6, 6.07) is 0. The first-order valence-corrected chi connectivity index (χ1v) is 9.71. The number of rotatable bonds is 9. The second-order valence-corrected chi connectivity index (χ2v) is 7.40. The van der Waals surface area contributed by atoms with Crippen LogP contribution in [-0.4, -0.2) is 79.2 Å². The molecule has 150 valence electrons. The smallest absolute Gasteiger partial charge is 0.274 e. The van der Waals surface area contributed by atoms with Crippen molar-refractivity contribution < 1.29 is 19.2 Å². The summed E-state index contributed by atoms with van der Waals surface area (Å²) < 4.78 is 5.33. The van der Waals surface area contributed by atoms with Crippen LogP contribution in [-0.2, 0) is 9.53 Å². The maximum Gasteiger partial charge on any atom is 0.274 e. The highest BCUT2D eigenvalue weighted by atomic mass is 16.5. The van der Waals surface area contributed by atoms with Gasteiger partial charge in [0, 0.05) is 25.7 Å². The number of carbonyl (C=O) groups excluding carboxylic acids is 2. The standard InChI is InChI=1S/C19H31N5O3/c1-15(2)14-24(19(26)17-13-21-16(3)12-22-17)6-4-18(25)20-5-7-23-8-10-27-11-9-23/h12-13,15H,4-11,14H2,1-3H3,(H,20,25)/p+1. The third kappa shape index (κ3) is 7.60. The number of morpholine rings is 1. The van der Waals surface area contributed by atoms with Crippen molar-refractivity contribution >= 4 is 11.8 Å². The molecule has 0 unspecified atom stereocenters. The Morgan fingerprint density at radius 3 is 2.63 bits per heavy atom. The van der Waals surface area contributed by atoms with Gasteiger partial charge in [-0.2, -0.15) is 0 Å². The molecule has 8 heteroatoms. The molecule has 2 N–H and O–H groups in total. The van der Waals surface area contributed by atoms with E-state index in [0.29, 0.717) is 31.2 Å². The van der Waals surface area contributed by atoms with Crippen LogP contribution in [0.4, 0.5) is 0 Å². The lowest BCUT2D eigenvalue weighted by molar-refractivity contribution is -0.906. The quantitative estimate of drug-likeness (QED) is 0.594. The fourth-order valence-electron chi connectivity index (χ4n) is 3.00. The molecule has 1 fully saturated rings. The third-order valence-corrected chi connectivity index (χ3v) is 4.48. The second kappa shape index (κ2) is 10.9. The van der Waals surface area contributed by atoms with E-state index in [9.17, 15) is 9.59 Å². The Kier molecular flexibility index (Phi) is 8.60. The Morgan fingerprint density at radius 2 is 2.00 bits per heavy atom. The van der Waals surface area contributed by atoms with Crippen LogP contribution in [0, 0.1) is 12.8 Å². The monoisotopic (exact) mass is 378 g/mol. The van der Waals surface area contributed by atoms with Crippen LogP contribution in [0.5, 0.6) is 0 Å². The fraction of sp³-hybridized carbons (Fsp3) is 0.684. The zero-order chi connectivity index (χ0) is 19.6. The predicted molar refractivity (Wildman–Crippen MR) is 102 cm³/mol. The van der Waals surface area contributed by atoms with Gasteiger partial charge < -0.3 is 19.9 Å². The van der Waals surface area contributed by atoms with Crippen molar-refractivity contribution in [1.29, 1.82) is 0 Å². The number of amides is 2. The molecule has 8 nitrogen and oxygen atoms in total. The molecule has 0 bridgehead atoms. The molecule has 1 aromatic rings. The minimum Gasteiger partial charge on any atom is -0.370 e. The number of aromatic nitrogens is 2. The van der Waals surface area contributed by atoms with Crippen molar-refractivity contribution in [3.8, 4) is 0 Å². The summed E-state index contributed by atoms with van der Waals surface area (Å²) in [5.74, 6) is 0.0984. The topological polar surface area (TPSA) is 88.9 Å². The van der Waals surface area contributed by atoms with Crippen LogP contribution in [0.15, 0.2) is 12.4 Å². The van der Waals surface area contributed by atoms with Crippen molar-refractivity contribution in [3.05, 3.63) is 23.8 Å². The normalized spacial score (nSPS) is 15.0. The lowest BCUT2D eigenvalue weighted by Gasteiger charge is -2.25. The number of nitrogens with zero attached hydrogens (tertiary/aromatic N) is 3. The van der Waals surface area contributed by atoms with Crippen LogP contribution in [0.1, 0.15) is 36.5 Å². The van der Waals surface area contributed by atoms with Gasteiger partial charge in [0.2, 0.25) is 5.91 Å². The Hall–Kier alpha value is -2.06. The molecule has 0 spiro atoms. The number of nitrogens with one attached hydrogen (secondary N) is 2. The Labute approximate surface area is 161 Å². The summed E-state index contributed by atoms with van der Waals surface area (Å²) in [6.45, 7) is 12.0. The fourth-order valence-corrected chi connectivity index (χ4v) is 3.00. The van der Waals surface area contributed by atoms with Gasteiger partial charge in [0.05, 0.1) is 38.2 Å². The van der Waals surface area contributed by atoms with Gasteiger partial charge in [0.25, 0.3) is 5.91 Å². The van der Waals surface area contributed by atoms with E-state index >= 15 is 0 Å². The Bertz CT molecular complexity index is 600. The van der Waals surface area contributed by atoms with Crippen molar-refractivity contribution in [2.24, 2.45) is 5.92 Å². The summed E-state index contributed by atoms with van der Waals surface area (Å²) in [5, 5.41) is 2.96. The minimum atomic E-state index is -0.179. The number of carbonyl (C=O) groups is 2. The minimum absolute atomic E-state index is 0.0285. The molecular weight excluding hydrogens is 346 g/mol. The summed E-state index contributed by atoms with van der Waals surface area (Å²) in [4.78, 5) is 36.3. The zero-order valence-corrected chi connectivity index (χ0v) is 16.7. The van der Waals surface area contributed by atoms with Crippen LogP contribution < -0.4 is 10.2 Å². The van der Waals surface area contributed by atoms with Crippen molar-refractivity contribution in [1.82, 2.24) is 20.2 Å². The van der Waals surface area contributed by atoms with Gasteiger partial charge in [-0.05, 0) is 12.8 Å². The van der Waals surface area contributed by atoms with E-state index in [1.165, 1.54) is 11.1 Å². The largest absolute Gasteiger partial charge is 0.370 e. The lowest BCUT2D eigenvalue weighted by atomic mass is 10.2. The summed E-state index contributed by atoms with van der Waals surface area (Å²) in [5.41, 5.74) is 1.08. The molecule has 0 radical (unpaired) electrons. The summed E-state index contributed by atoms with van der Waals surface area (Å²) in [6.07, 6.45) is 3.37. The molecule has 0 saturated carbocycles. The van der Waals surface area contributed by atoms with E-state index in [2.05, 4.69) is 15.3 Å². The number of ether oxygens (including phenoxy) is 1. The molecule has 0 aliphatic carbocycles. The van der Waals surface area contributed by atoms with Gasteiger partial charge in [0.15, 0.2) is 0 Å². The van der Waals surface area contributed by atoms with Gasteiger partial charge in [-0.1, -0.05) is 13.8 Å². The first kappa shape index (κ1) is 21.2. The van der Waals surface area contributed by atoms with Crippen LogP contribution in [0.2, 0.25) is 0 Å². The predicted octanol–water partition coefficient (Wildman–Crippen LogP) is -0.695. The molecule has 0 aromatic carbocycles. The van der Waals surface area contributed by atoms with E-state index in [-0.39, 0.29) is 18.2 Å². The van der Waals surface area contributed by atoms with E-state index in [0.717, 1.165) is 38.5 Å². The van der Waals surface area contributed by atoms with Gasteiger partial charge in [-0.15, -0.1) is 0 Å². The molecule has 2 heterocycles. The molecule has 1 aromatic heterocycles. The van der Waals surface area contributed by atoms with Gasteiger partial charge in [0.1, 0.15) is 18.8 Å². The third-order valence-electron chi connectivity index (χ3n) is 4.48. The molecule has 1 aliphatic rings. The molecule has 27 heavy (non-hydrogen) atoms. The van der Waals surface area contributed by atoms with Crippen molar-refractivity contribution in [2.75, 3.05) is 52.5 Å². The van der Waals surface area contributed by atoms with Gasteiger partial charge >= 0.3 is 0 Å². The Balaban J connectivity index is 1.79. The molecule has 1 saturated heterocycles. The van der Waals surface area contributed by atoms with E-state index in [4.69, 9.17) is 4.74 Å². The van der Waals surface area contributed by atoms with Crippen molar-refractivity contribution in [2.45, 2.75) is 27.2 Å². The molecule has 2 rings (SSSR count). The average molecular weight is 378 g/mol. The highest BCUT2D eigenvalue weighted by Gasteiger charge is 2.20. The first-order chi connectivity index (χ1) is 13.0. The summed E-state index contributed by atoms with van der Waals surface area (Å²) in [7, 11) is 0. The van der Waals surface area contributed by atoms with Crippen LogP contribution >= 0.6 is 0 Å². The van der Waals surface area contributed by atoms with Gasteiger partial charge in [-0.25, -0.2) is 4.98 Å². The second-order valence-electron chi connectivity index (χ2n) is 7.40. The van der Waals surface area contributed by atoms with E-state index < -0.39 is 0 Å². The SMILES string of the molecule is Cc1cnc(C(=O)N(CCC(=O)NCC[NH+]2CCOCC2)CC(C)C)cn1. The zero-order valence-electron chi connectivity index (χ0n) is 16.7. The molecule has 1 aliphatic heterocycles. The highest BCUT2D eigenvalue weighted by molar-refractivity contribution is 5.92. The number of hydrogen-bond donors (Lipinski definition) is 2. The van der Waals surface area contributed by atoms with Crippen molar-refractivity contribution in [3.63, 3.8) is 0 Å². The molecular formula is C19H32N5O3+. The number of hydrogen-bond acceptors (Lipinski definition) is 5. The summed E-state index contributed by atoms with van der Waals surface area (Å²) >= 11 is 0. The molecule has 0 atom stereocenters. The number of quaternary nitrogens is 1.